The topological polar surface area (TPSA) is 110 Å². The molecule has 1 amide bonds. The molecule has 5 heterocycles. The molecule has 10 nitrogen and oxygen atoms in total. The third-order valence-electron chi connectivity index (χ3n) is 8.43. The van der Waals surface area contributed by atoms with Gasteiger partial charge in [0.25, 0.3) is 0 Å². The number of rotatable bonds is 8. The molecule has 2 aliphatic heterocycles. The lowest BCUT2D eigenvalue weighted by atomic mass is 9.97. The van der Waals surface area contributed by atoms with Crippen molar-refractivity contribution in [2.24, 2.45) is 7.05 Å². The number of aryl methyl sites for hydroxylation is 2. The normalized spacial score (nSPS) is 20.8. The monoisotopic (exact) mass is 595 g/mol. The molecule has 2 aliphatic rings. The molecule has 4 aromatic rings. The minimum absolute atomic E-state index is 0.0269. The Labute approximate surface area is 245 Å². The lowest BCUT2D eigenvalue weighted by Crippen LogP contribution is -2.50. The van der Waals surface area contributed by atoms with E-state index in [9.17, 15) is 9.90 Å². The van der Waals surface area contributed by atoms with Gasteiger partial charge in [-0.15, -0.1) is 0 Å². The second-order valence-corrected chi connectivity index (χ2v) is 18.8. The van der Waals surface area contributed by atoms with E-state index in [0.717, 1.165) is 76.3 Å². The number of amides is 1. The summed E-state index contributed by atoms with van der Waals surface area (Å²) < 4.78 is 10.0. The Kier molecular flexibility index (Phi) is 7.23. The summed E-state index contributed by atoms with van der Waals surface area (Å²) in [5, 5.41) is 18.1. The number of hydrogen-bond donors (Lipinski definition) is 2. The van der Waals surface area contributed by atoms with Crippen LogP contribution in [0.25, 0.3) is 33.2 Å². The fourth-order valence-corrected chi connectivity index (χ4v) is 7.52. The van der Waals surface area contributed by atoms with Crippen LogP contribution in [0.15, 0.2) is 24.7 Å². The fourth-order valence-electron chi connectivity index (χ4n) is 6.47. The number of aromatic nitrogens is 5. The third kappa shape index (κ3) is 5.42. The maximum absolute atomic E-state index is 11.3. The highest BCUT2D eigenvalue weighted by molar-refractivity contribution is 6.76. The Bertz CT molecular complexity index is 1610. The first kappa shape index (κ1) is 28.0. The van der Waals surface area contributed by atoms with Crippen LogP contribution in [0.3, 0.4) is 0 Å². The van der Waals surface area contributed by atoms with Crippen molar-refractivity contribution in [2.45, 2.75) is 83.1 Å². The van der Waals surface area contributed by atoms with Gasteiger partial charge in [-0.1, -0.05) is 31.2 Å². The molecule has 2 fully saturated rings. The average molecular weight is 596 g/mol. The number of hydrogen-bond acceptors (Lipinski definition) is 6. The van der Waals surface area contributed by atoms with E-state index in [1.807, 2.05) is 24.0 Å². The van der Waals surface area contributed by atoms with Gasteiger partial charge >= 0.3 is 6.09 Å². The van der Waals surface area contributed by atoms with Crippen molar-refractivity contribution in [2.75, 3.05) is 11.5 Å². The van der Waals surface area contributed by atoms with Gasteiger partial charge in [0.15, 0.2) is 5.65 Å². The van der Waals surface area contributed by atoms with E-state index in [1.165, 1.54) is 0 Å². The first-order valence-electron chi connectivity index (χ1n) is 14.3. The molecule has 218 valence electrons. The summed E-state index contributed by atoms with van der Waals surface area (Å²) >= 11 is 7.00. The largest absolute Gasteiger partial charge is 0.465 e. The zero-order valence-corrected chi connectivity index (χ0v) is 26.1. The molecule has 2 atom stereocenters. The standard InChI is InChI=1S/C29H38ClN7O3Si/c1-17-10-21(25(30)23-14-35(2)34-26(17)23)22-15-36(16-40-8-9-41(3,4)5)28-27(22)31-13-24(33-28)37-19-6-7-20(37)12-18(11-19)32-29(38)39/h10,13-15,18-20,32H,6-9,11-12,16H2,1-5H3,(H,38,39). The van der Waals surface area contributed by atoms with E-state index in [1.54, 1.807) is 4.68 Å². The van der Waals surface area contributed by atoms with Crippen LogP contribution in [-0.2, 0) is 18.5 Å². The minimum atomic E-state index is -1.23. The van der Waals surface area contributed by atoms with E-state index >= 15 is 0 Å². The zero-order chi connectivity index (χ0) is 29.1. The number of fused-ring (bicyclic) bond motifs is 4. The quantitative estimate of drug-likeness (QED) is 0.189. The highest BCUT2D eigenvalue weighted by Crippen LogP contribution is 2.42. The molecule has 2 unspecified atom stereocenters. The highest BCUT2D eigenvalue weighted by atomic mass is 35.5. The number of nitrogens with one attached hydrogen (secondary N) is 1. The van der Waals surface area contributed by atoms with Crippen molar-refractivity contribution in [3.63, 3.8) is 0 Å². The minimum Gasteiger partial charge on any atom is -0.465 e. The summed E-state index contributed by atoms with van der Waals surface area (Å²) in [6.45, 7) is 10.2. The number of benzene rings is 1. The van der Waals surface area contributed by atoms with Gasteiger partial charge in [-0.05, 0) is 50.3 Å². The van der Waals surface area contributed by atoms with Gasteiger partial charge in [-0.2, -0.15) is 5.10 Å². The maximum atomic E-state index is 11.3. The maximum Gasteiger partial charge on any atom is 0.404 e. The highest BCUT2D eigenvalue weighted by Gasteiger charge is 2.42. The summed E-state index contributed by atoms with van der Waals surface area (Å²) in [5.74, 6) is 0.830. The van der Waals surface area contributed by atoms with Gasteiger partial charge in [-0.3, -0.25) is 4.68 Å². The fraction of sp³-hybridized carbons (Fsp3) is 0.517. The van der Waals surface area contributed by atoms with Crippen LogP contribution in [0.4, 0.5) is 10.6 Å². The van der Waals surface area contributed by atoms with Crippen molar-refractivity contribution >= 4 is 53.7 Å². The first-order chi connectivity index (χ1) is 19.5. The van der Waals surface area contributed by atoms with Crippen LogP contribution < -0.4 is 10.2 Å². The van der Waals surface area contributed by atoms with Crippen molar-refractivity contribution < 1.29 is 14.6 Å². The third-order valence-corrected chi connectivity index (χ3v) is 10.5. The molecule has 6 rings (SSSR count). The molecule has 0 radical (unpaired) electrons. The van der Waals surface area contributed by atoms with Crippen LogP contribution >= 0.6 is 11.6 Å². The van der Waals surface area contributed by atoms with E-state index in [-0.39, 0.29) is 18.1 Å². The summed E-state index contributed by atoms with van der Waals surface area (Å²) in [4.78, 5) is 23.8. The molecule has 0 spiro atoms. The molecule has 2 bridgehead atoms. The van der Waals surface area contributed by atoms with Gasteiger partial charge in [0.2, 0.25) is 0 Å². The number of anilines is 1. The molecule has 2 saturated heterocycles. The second-order valence-electron chi connectivity index (χ2n) is 12.8. The van der Waals surface area contributed by atoms with E-state index in [4.69, 9.17) is 26.3 Å². The molecule has 2 N–H and O–H groups in total. The Hall–Kier alpha value is -3.15. The summed E-state index contributed by atoms with van der Waals surface area (Å²) in [7, 11) is 0.676. The van der Waals surface area contributed by atoms with Gasteiger partial charge in [0, 0.05) is 68.8 Å². The van der Waals surface area contributed by atoms with Gasteiger partial charge in [0.05, 0.1) is 16.7 Å². The number of carboxylic acid groups (broad SMARTS) is 1. The molecular formula is C29H38ClN7O3Si. The lowest BCUT2D eigenvalue weighted by molar-refractivity contribution is 0.0899. The van der Waals surface area contributed by atoms with E-state index < -0.39 is 14.2 Å². The van der Waals surface area contributed by atoms with Crippen LogP contribution in [-0.4, -0.2) is 68.3 Å². The number of halogens is 1. The van der Waals surface area contributed by atoms with Gasteiger partial charge < -0.3 is 24.6 Å². The Balaban J connectivity index is 1.39. The SMILES string of the molecule is Cc1cc(-c2cn(COCC[Si](C)(C)C)c3nc(N4C5CCC4CC(NC(=O)O)C5)cnc23)c(Cl)c2cn(C)nc12. The van der Waals surface area contributed by atoms with Crippen molar-refractivity contribution in [3.05, 3.63) is 35.2 Å². The molecule has 0 saturated carbocycles. The summed E-state index contributed by atoms with van der Waals surface area (Å²) in [6, 6.07) is 3.61. The first-order valence-corrected chi connectivity index (χ1v) is 18.4. The van der Waals surface area contributed by atoms with Crippen LogP contribution in [0, 0.1) is 6.92 Å². The van der Waals surface area contributed by atoms with Gasteiger partial charge in [0.1, 0.15) is 18.1 Å². The van der Waals surface area contributed by atoms with Crippen LogP contribution in [0.1, 0.15) is 31.2 Å². The van der Waals surface area contributed by atoms with E-state index in [0.29, 0.717) is 18.4 Å². The second kappa shape index (κ2) is 10.6. The zero-order valence-electron chi connectivity index (χ0n) is 24.3. The molecule has 41 heavy (non-hydrogen) atoms. The number of ether oxygens (including phenoxy) is 1. The predicted molar refractivity (Wildman–Crippen MR) is 165 cm³/mol. The lowest BCUT2D eigenvalue weighted by Gasteiger charge is -2.39. The van der Waals surface area contributed by atoms with E-state index in [2.05, 4.69) is 54.1 Å². The van der Waals surface area contributed by atoms with Crippen molar-refractivity contribution in [1.29, 1.82) is 0 Å². The Morgan fingerprint density at radius 3 is 2.59 bits per heavy atom. The predicted octanol–water partition coefficient (Wildman–Crippen LogP) is 6.03. The smallest absolute Gasteiger partial charge is 0.404 e. The number of carbonyl (C=O) groups is 1. The number of piperidine rings is 1. The molecule has 3 aromatic heterocycles. The van der Waals surface area contributed by atoms with Crippen LogP contribution in [0.5, 0.6) is 0 Å². The molecule has 12 heteroatoms. The Morgan fingerprint density at radius 2 is 1.90 bits per heavy atom. The van der Waals surface area contributed by atoms with Crippen molar-refractivity contribution in [1.82, 2.24) is 29.6 Å². The average Bonchev–Trinajstić information content (AvgIpc) is 3.54. The Morgan fingerprint density at radius 1 is 1.17 bits per heavy atom. The molecular weight excluding hydrogens is 558 g/mol. The number of nitrogens with zero attached hydrogens (tertiary/aromatic N) is 6. The molecule has 0 aliphatic carbocycles. The summed E-state index contributed by atoms with van der Waals surface area (Å²) in [5.41, 5.74) is 5.30. The van der Waals surface area contributed by atoms with Crippen LogP contribution in [0.2, 0.25) is 30.7 Å². The summed E-state index contributed by atoms with van der Waals surface area (Å²) in [6.07, 6.45) is 8.51. The van der Waals surface area contributed by atoms with Crippen molar-refractivity contribution in [3.8, 4) is 11.1 Å². The molecule has 1 aromatic carbocycles. The van der Waals surface area contributed by atoms with Gasteiger partial charge in [-0.25, -0.2) is 14.8 Å².